The number of hydrogen-bond donors (Lipinski definition) is 1. The van der Waals surface area contributed by atoms with Crippen LogP contribution in [0.3, 0.4) is 0 Å². The van der Waals surface area contributed by atoms with Crippen LogP contribution in [0.1, 0.15) is 55.5 Å². The van der Waals surface area contributed by atoms with Gasteiger partial charge >= 0.3 is 0 Å². The molecule has 3 saturated heterocycles. The predicted molar refractivity (Wildman–Crippen MR) is 124 cm³/mol. The molecule has 0 radical (unpaired) electrons. The summed E-state index contributed by atoms with van der Waals surface area (Å²) < 4.78 is 5.27. The van der Waals surface area contributed by atoms with Gasteiger partial charge in [0.25, 0.3) is 5.91 Å². The second-order valence-corrected chi connectivity index (χ2v) is 9.27. The summed E-state index contributed by atoms with van der Waals surface area (Å²) in [6, 6.07) is 6.46. The van der Waals surface area contributed by atoms with Crippen LogP contribution in [0.15, 0.2) is 35.1 Å². The van der Waals surface area contributed by atoms with Gasteiger partial charge in [-0.2, -0.15) is 4.98 Å². The third kappa shape index (κ3) is 4.90. The van der Waals surface area contributed by atoms with E-state index in [9.17, 15) is 4.79 Å². The topological polar surface area (TPSA) is 77.7 Å². The van der Waals surface area contributed by atoms with E-state index in [2.05, 4.69) is 20.1 Å². The number of carbonyl (C=O) groups excluding carboxylic acids is 1. The molecule has 1 amide bonds. The van der Waals surface area contributed by atoms with E-state index >= 15 is 0 Å². The Balaban J connectivity index is 1.11. The molecule has 8 heteroatoms. The van der Waals surface area contributed by atoms with Gasteiger partial charge in [-0.25, -0.2) is 4.98 Å². The van der Waals surface area contributed by atoms with Crippen LogP contribution in [0.5, 0.6) is 0 Å². The summed E-state index contributed by atoms with van der Waals surface area (Å²) >= 11 is 0. The number of hydrogen-bond acceptors (Lipinski definition) is 7. The summed E-state index contributed by atoms with van der Waals surface area (Å²) in [5, 5.41) is 3.58. The molecule has 0 spiro atoms. The molecule has 0 aromatic carbocycles. The molecule has 1 atom stereocenters. The van der Waals surface area contributed by atoms with E-state index in [1.54, 1.807) is 18.4 Å². The van der Waals surface area contributed by atoms with Gasteiger partial charge in [-0.3, -0.25) is 9.69 Å². The summed E-state index contributed by atoms with van der Waals surface area (Å²) in [6.07, 6.45) is 11.7. The third-order valence-electron chi connectivity index (χ3n) is 7.12. The monoisotopic (exact) mass is 438 g/mol. The van der Waals surface area contributed by atoms with Crippen molar-refractivity contribution < 1.29 is 9.21 Å². The van der Waals surface area contributed by atoms with Crippen molar-refractivity contribution in [2.24, 2.45) is 0 Å². The van der Waals surface area contributed by atoms with Crippen molar-refractivity contribution in [3.63, 3.8) is 0 Å². The van der Waals surface area contributed by atoms with Gasteiger partial charge in [0.2, 0.25) is 5.95 Å². The molecule has 5 heterocycles. The molecular formula is C24H34N6O2. The first kappa shape index (κ1) is 21.2. The van der Waals surface area contributed by atoms with Crippen LogP contribution >= 0.6 is 0 Å². The molecule has 32 heavy (non-hydrogen) atoms. The number of carbonyl (C=O) groups is 1. The minimum Gasteiger partial charge on any atom is -0.459 e. The van der Waals surface area contributed by atoms with E-state index in [1.807, 2.05) is 17.2 Å². The van der Waals surface area contributed by atoms with Gasteiger partial charge in [-0.15, -0.1) is 0 Å². The lowest BCUT2D eigenvalue weighted by molar-refractivity contribution is 0.0613. The van der Waals surface area contributed by atoms with E-state index in [0.717, 1.165) is 70.3 Å². The van der Waals surface area contributed by atoms with Crippen molar-refractivity contribution in [3.05, 3.63) is 36.4 Å². The fourth-order valence-electron chi connectivity index (χ4n) is 5.30. The highest BCUT2D eigenvalue weighted by molar-refractivity contribution is 5.91. The minimum atomic E-state index is 0.0101. The number of anilines is 2. The summed E-state index contributed by atoms with van der Waals surface area (Å²) in [4.78, 5) is 28.7. The molecule has 3 fully saturated rings. The normalized spacial score (nSPS) is 23.3. The molecule has 0 aliphatic carbocycles. The highest BCUT2D eigenvalue weighted by atomic mass is 16.3. The van der Waals surface area contributed by atoms with Gasteiger partial charge in [0, 0.05) is 57.5 Å². The smallest absolute Gasteiger partial charge is 0.289 e. The van der Waals surface area contributed by atoms with E-state index in [0.29, 0.717) is 17.8 Å². The van der Waals surface area contributed by atoms with Crippen LogP contribution in [-0.4, -0.2) is 77.0 Å². The first-order valence-electron chi connectivity index (χ1n) is 12.2. The van der Waals surface area contributed by atoms with Gasteiger partial charge in [-0.1, -0.05) is 12.8 Å². The molecule has 8 nitrogen and oxygen atoms in total. The standard InChI is InChI=1S/C24H34N6O2/c31-23(21-6-5-17-32-21)29-15-9-20(10-16-29)30-14-8-19(18-30)26-24-25-11-7-22(27-24)28-12-3-1-2-4-13-28/h5-7,11,17,19-20H,1-4,8-10,12-16,18H2,(H,25,26,27). The third-order valence-corrected chi connectivity index (χ3v) is 7.12. The molecular weight excluding hydrogens is 404 g/mol. The molecule has 0 bridgehead atoms. The van der Waals surface area contributed by atoms with Crippen LogP contribution in [0, 0.1) is 0 Å². The summed E-state index contributed by atoms with van der Waals surface area (Å²) in [6.45, 7) is 5.86. The Kier molecular flexibility index (Phi) is 6.57. The Hall–Kier alpha value is -2.61. The fraction of sp³-hybridized carbons (Fsp3) is 0.625. The van der Waals surface area contributed by atoms with Crippen LogP contribution < -0.4 is 10.2 Å². The average Bonchev–Trinajstić information content (AvgIpc) is 3.46. The van der Waals surface area contributed by atoms with E-state index in [4.69, 9.17) is 9.40 Å². The van der Waals surface area contributed by atoms with Crippen molar-refractivity contribution >= 4 is 17.7 Å². The van der Waals surface area contributed by atoms with Gasteiger partial charge in [0.05, 0.1) is 6.26 Å². The fourth-order valence-corrected chi connectivity index (χ4v) is 5.30. The maximum atomic E-state index is 12.5. The Morgan fingerprint density at radius 1 is 1.00 bits per heavy atom. The van der Waals surface area contributed by atoms with Crippen molar-refractivity contribution in [1.29, 1.82) is 0 Å². The van der Waals surface area contributed by atoms with Crippen molar-refractivity contribution in [2.75, 3.05) is 49.5 Å². The number of nitrogens with one attached hydrogen (secondary N) is 1. The first-order valence-corrected chi connectivity index (χ1v) is 12.2. The molecule has 1 N–H and O–H groups in total. The Bertz CT molecular complexity index is 872. The number of likely N-dealkylation sites (tertiary alicyclic amines) is 2. The molecule has 2 aromatic heterocycles. The Labute approximate surface area is 190 Å². The molecule has 172 valence electrons. The zero-order chi connectivity index (χ0) is 21.8. The zero-order valence-electron chi connectivity index (χ0n) is 18.8. The molecule has 3 aliphatic rings. The van der Waals surface area contributed by atoms with Gasteiger partial charge in [0.15, 0.2) is 5.76 Å². The zero-order valence-corrected chi connectivity index (χ0v) is 18.8. The van der Waals surface area contributed by atoms with Crippen molar-refractivity contribution in [3.8, 4) is 0 Å². The molecule has 5 rings (SSSR count). The van der Waals surface area contributed by atoms with Crippen molar-refractivity contribution in [2.45, 2.75) is 57.0 Å². The summed E-state index contributed by atoms with van der Waals surface area (Å²) in [5.74, 6) is 2.25. The lowest BCUT2D eigenvalue weighted by Crippen LogP contribution is -2.46. The highest BCUT2D eigenvalue weighted by Crippen LogP contribution is 2.24. The largest absolute Gasteiger partial charge is 0.459 e. The summed E-state index contributed by atoms with van der Waals surface area (Å²) in [5.41, 5.74) is 0. The second-order valence-electron chi connectivity index (χ2n) is 9.27. The maximum Gasteiger partial charge on any atom is 0.289 e. The quantitative estimate of drug-likeness (QED) is 0.768. The van der Waals surface area contributed by atoms with Crippen LogP contribution in [-0.2, 0) is 0 Å². The van der Waals surface area contributed by atoms with Crippen LogP contribution in [0.4, 0.5) is 11.8 Å². The molecule has 2 aromatic rings. The number of rotatable bonds is 5. The van der Waals surface area contributed by atoms with Gasteiger partial charge < -0.3 is 19.5 Å². The second kappa shape index (κ2) is 9.90. The maximum absolute atomic E-state index is 12.5. The predicted octanol–water partition coefficient (Wildman–Crippen LogP) is 3.24. The molecule has 3 aliphatic heterocycles. The number of aromatic nitrogens is 2. The highest BCUT2D eigenvalue weighted by Gasteiger charge is 2.32. The van der Waals surface area contributed by atoms with E-state index in [-0.39, 0.29) is 5.91 Å². The van der Waals surface area contributed by atoms with Crippen LogP contribution in [0.25, 0.3) is 0 Å². The number of amides is 1. The first-order chi connectivity index (χ1) is 15.8. The minimum absolute atomic E-state index is 0.0101. The molecule has 1 unspecified atom stereocenters. The van der Waals surface area contributed by atoms with Gasteiger partial charge in [-0.05, 0) is 50.3 Å². The number of nitrogens with zero attached hydrogens (tertiary/aromatic N) is 5. The lowest BCUT2D eigenvalue weighted by atomic mass is 10.0. The molecule has 0 saturated carbocycles. The van der Waals surface area contributed by atoms with E-state index in [1.165, 1.54) is 25.7 Å². The van der Waals surface area contributed by atoms with Gasteiger partial charge in [0.1, 0.15) is 5.82 Å². The number of furan rings is 1. The lowest BCUT2D eigenvalue weighted by Gasteiger charge is -2.36. The SMILES string of the molecule is O=C(c1ccco1)N1CCC(N2CCC(Nc3nccc(N4CCCCCC4)n3)C2)CC1. The summed E-state index contributed by atoms with van der Waals surface area (Å²) in [7, 11) is 0. The Morgan fingerprint density at radius 2 is 1.81 bits per heavy atom. The number of piperidine rings is 1. The average molecular weight is 439 g/mol. The van der Waals surface area contributed by atoms with E-state index < -0.39 is 0 Å². The Morgan fingerprint density at radius 3 is 2.56 bits per heavy atom. The van der Waals surface area contributed by atoms with Crippen molar-refractivity contribution in [1.82, 2.24) is 19.8 Å². The van der Waals surface area contributed by atoms with Crippen LogP contribution in [0.2, 0.25) is 0 Å².